The second-order valence-electron chi connectivity index (χ2n) is 6.06. The highest BCUT2D eigenvalue weighted by Gasteiger charge is 2.26. The van der Waals surface area contributed by atoms with Gasteiger partial charge in [-0.25, -0.2) is 16.8 Å². The van der Waals surface area contributed by atoms with Crippen molar-refractivity contribution in [3.05, 3.63) is 24.3 Å². The fraction of sp³-hybridized carbons (Fsp3) is 0.533. The molecule has 0 spiro atoms. The van der Waals surface area contributed by atoms with Crippen LogP contribution in [0.5, 0.6) is 0 Å². The first-order valence-electron chi connectivity index (χ1n) is 7.92. The zero-order valence-electron chi connectivity index (χ0n) is 14.3. The Labute approximate surface area is 148 Å². The Balaban J connectivity index is 2.12. The lowest BCUT2D eigenvalue weighted by Crippen LogP contribution is -2.35. The largest absolute Gasteiger partial charge is 0.325 e. The normalized spacial score (nSPS) is 16.8. The molecule has 1 aromatic rings. The summed E-state index contributed by atoms with van der Waals surface area (Å²) in [6.07, 6.45) is 3.71. The van der Waals surface area contributed by atoms with Crippen LogP contribution in [0.2, 0.25) is 0 Å². The highest BCUT2D eigenvalue weighted by atomic mass is 32.2. The number of amides is 1. The van der Waals surface area contributed by atoms with E-state index in [2.05, 4.69) is 5.32 Å². The molecule has 1 aromatic carbocycles. The average molecular weight is 389 g/mol. The predicted molar refractivity (Wildman–Crippen MR) is 95.2 cm³/mol. The molecule has 25 heavy (non-hydrogen) atoms. The van der Waals surface area contributed by atoms with Crippen LogP contribution in [-0.4, -0.2) is 64.3 Å². The van der Waals surface area contributed by atoms with Crippen LogP contribution in [0.15, 0.2) is 29.2 Å². The van der Waals surface area contributed by atoms with E-state index in [9.17, 15) is 21.6 Å². The van der Waals surface area contributed by atoms with Crippen molar-refractivity contribution in [1.29, 1.82) is 0 Å². The smallest absolute Gasteiger partial charge is 0.243 e. The Morgan fingerprint density at radius 2 is 1.80 bits per heavy atom. The standard InChI is InChI=1S/C15H23N3O5S2/c1-17(24(2,20)21)12-15(19)16-13-7-6-8-14(11-13)25(22,23)18-9-4-3-5-10-18/h6-8,11H,3-5,9-10,12H2,1-2H3,(H,16,19). The number of hydrogen-bond donors (Lipinski definition) is 1. The molecule has 10 heteroatoms. The molecule has 2 rings (SSSR count). The van der Waals surface area contributed by atoms with E-state index >= 15 is 0 Å². The Morgan fingerprint density at radius 1 is 1.16 bits per heavy atom. The number of nitrogens with zero attached hydrogens (tertiary/aromatic N) is 2. The van der Waals surface area contributed by atoms with Crippen molar-refractivity contribution in [3.63, 3.8) is 0 Å². The van der Waals surface area contributed by atoms with Gasteiger partial charge in [0.15, 0.2) is 0 Å². The molecule has 1 amide bonds. The molecule has 0 aliphatic carbocycles. The van der Waals surface area contributed by atoms with E-state index in [1.165, 1.54) is 23.5 Å². The maximum atomic E-state index is 12.7. The first kappa shape index (κ1) is 19.8. The Hall–Kier alpha value is -1.49. The molecule has 1 saturated heterocycles. The number of rotatable bonds is 6. The minimum atomic E-state index is -3.59. The minimum Gasteiger partial charge on any atom is -0.325 e. The molecule has 1 aliphatic heterocycles. The summed E-state index contributed by atoms with van der Waals surface area (Å²) in [5.41, 5.74) is 0.310. The number of anilines is 1. The molecule has 140 valence electrons. The van der Waals surface area contributed by atoms with Gasteiger partial charge in [0.25, 0.3) is 0 Å². The van der Waals surface area contributed by atoms with E-state index in [-0.39, 0.29) is 11.4 Å². The highest BCUT2D eigenvalue weighted by Crippen LogP contribution is 2.22. The van der Waals surface area contributed by atoms with Gasteiger partial charge in [0, 0.05) is 25.8 Å². The molecular weight excluding hydrogens is 366 g/mol. The Kier molecular flexibility index (Phi) is 6.20. The lowest BCUT2D eigenvalue weighted by atomic mass is 10.2. The van der Waals surface area contributed by atoms with Gasteiger partial charge in [-0.1, -0.05) is 12.5 Å². The highest BCUT2D eigenvalue weighted by molar-refractivity contribution is 7.89. The van der Waals surface area contributed by atoms with Gasteiger partial charge in [-0.3, -0.25) is 4.79 Å². The molecular formula is C15H23N3O5S2. The second kappa shape index (κ2) is 7.81. The number of nitrogens with one attached hydrogen (secondary N) is 1. The number of piperidine rings is 1. The quantitative estimate of drug-likeness (QED) is 0.771. The van der Waals surface area contributed by atoms with Gasteiger partial charge in [0.2, 0.25) is 26.0 Å². The summed E-state index contributed by atoms with van der Waals surface area (Å²) in [4.78, 5) is 12.1. The summed E-state index contributed by atoms with van der Waals surface area (Å²) >= 11 is 0. The number of sulfonamides is 2. The van der Waals surface area contributed by atoms with E-state index in [4.69, 9.17) is 0 Å². The van der Waals surface area contributed by atoms with E-state index in [0.29, 0.717) is 18.8 Å². The third-order valence-corrected chi connectivity index (χ3v) is 7.16. The summed E-state index contributed by atoms with van der Waals surface area (Å²) in [5, 5.41) is 2.53. The first-order valence-corrected chi connectivity index (χ1v) is 11.2. The molecule has 0 saturated carbocycles. The number of likely N-dealkylation sites (N-methyl/N-ethyl adjacent to an activating group) is 1. The van der Waals surface area contributed by atoms with Gasteiger partial charge in [0.05, 0.1) is 17.7 Å². The van der Waals surface area contributed by atoms with Crippen molar-refractivity contribution in [2.45, 2.75) is 24.2 Å². The molecule has 0 unspecified atom stereocenters. The third kappa shape index (κ3) is 5.24. The van der Waals surface area contributed by atoms with Crippen LogP contribution in [0.3, 0.4) is 0 Å². The van der Waals surface area contributed by atoms with Gasteiger partial charge < -0.3 is 5.32 Å². The van der Waals surface area contributed by atoms with Gasteiger partial charge in [0.1, 0.15) is 0 Å². The van der Waals surface area contributed by atoms with Gasteiger partial charge >= 0.3 is 0 Å². The second-order valence-corrected chi connectivity index (χ2v) is 10.1. The SMILES string of the molecule is CN(CC(=O)Nc1cccc(S(=O)(=O)N2CCCCC2)c1)S(C)(=O)=O. The number of benzene rings is 1. The molecule has 0 radical (unpaired) electrons. The zero-order valence-corrected chi connectivity index (χ0v) is 15.9. The Bertz CT molecular complexity index is 830. The fourth-order valence-electron chi connectivity index (χ4n) is 2.51. The maximum absolute atomic E-state index is 12.7. The third-order valence-electron chi connectivity index (χ3n) is 4.00. The van der Waals surface area contributed by atoms with Crippen molar-refractivity contribution in [2.75, 3.05) is 38.3 Å². The van der Waals surface area contributed by atoms with Crippen LogP contribution in [-0.2, 0) is 24.8 Å². The monoisotopic (exact) mass is 389 g/mol. The predicted octanol–water partition coefficient (Wildman–Crippen LogP) is 0.691. The lowest BCUT2D eigenvalue weighted by molar-refractivity contribution is -0.116. The first-order chi connectivity index (χ1) is 11.6. The van der Waals surface area contributed by atoms with Crippen molar-refractivity contribution in [1.82, 2.24) is 8.61 Å². The van der Waals surface area contributed by atoms with Gasteiger partial charge in [-0.05, 0) is 31.0 Å². The molecule has 0 atom stereocenters. The van der Waals surface area contributed by atoms with Crippen LogP contribution in [0, 0.1) is 0 Å². The van der Waals surface area contributed by atoms with E-state index in [0.717, 1.165) is 29.8 Å². The molecule has 1 fully saturated rings. The van der Waals surface area contributed by atoms with E-state index in [1.54, 1.807) is 12.1 Å². The van der Waals surface area contributed by atoms with E-state index < -0.39 is 26.0 Å². The van der Waals surface area contributed by atoms with Crippen LogP contribution in [0.4, 0.5) is 5.69 Å². The number of carbonyl (C=O) groups excluding carboxylic acids is 1. The van der Waals surface area contributed by atoms with E-state index in [1.807, 2.05) is 0 Å². The summed E-state index contributed by atoms with van der Waals surface area (Å²) in [5.74, 6) is -0.541. The van der Waals surface area contributed by atoms with Crippen LogP contribution in [0.1, 0.15) is 19.3 Å². The van der Waals surface area contributed by atoms with Crippen molar-refractivity contribution in [2.24, 2.45) is 0 Å². The van der Waals surface area contributed by atoms with Crippen molar-refractivity contribution >= 4 is 31.6 Å². The van der Waals surface area contributed by atoms with Crippen LogP contribution >= 0.6 is 0 Å². The van der Waals surface area contributed by atoms with Gasteiger partial charge in [-0.2, -0.15) is 8.61 Å². The maximum Gasteiger partial charge on any atom is 0.243 e. The minimum absolute atomic E-state index is 0.115. The van der Waals surface area contributed by atoms with Gasteiger partial charge in [-0.15, -0.1) is 0 Å². The van der Waals surface area contributed by atoms with Crippen LogP contribution < -0.4 is 5.32 Å². The summed E-state index contributed by atoms with van der Waals surface area (Å²) in [6.45, 7) is 0.651. The van der Waals surface area contributed by atoms with Crippen molar-refractivity contribution < 1.29 is 21.6 Å². The summed E-state index contributed by atoms with van der Waals surface area (Å²) < 4.78 is 50.4. The molecule has 1 aliphatic rings. The molecule has 1 N–H and O–H groups in total. The molecule has 0 bridgehead atoms. The number of hydrogen-bond acceptors (Lipinski definition) is 5. The lowest BCUT2D eigenvalue weighted by Gasteiger charge is -2.26. The number of carbonyl (C=O) groups is 1. The Morgan fingerprint density at radius 3 is 2.40 bits per heavy atom. The summed E-state index contributed by atoms with van der Waals surface area (Å²) in [6, 6.07) is 5.99. The fourth-order valence-corrected chi connectivity index (χ4v) is 4.42. The summed E-state index contributed by atoms with van der Waals surface area (Å²) in [7, 11) is -5.76. The van der Waals surface area contributed by atoms with Crippen LogP contribution in [0.25, 0.3) is 0 Å². The molecule has 0 aromatic heterocycles. The molecule has 1 heterocycles. The average Bonchev–Trinajstić information content (AvgIpc) is 2.55. The topological polar surface area (TPSA) is 104 Å². The van der Waals surface area contributed by atoms with Crippen molar-refractivity contribution in [3.8, 4) is 0 Å². The zero-order chi connectivity index (χ0) is 18.7. The molecule has 8 nitrogen and oxygen atoms in total.